The molecule has 0 saturated carbocycles. The van der Waals surface area contributed by atoms with Crippen LogP contribution < -0.4 is 10.1 Å². The lowest BCUT2D eigenvalue weighted by Crippen LogP contribution is -2.24. The molecule has 3 aromatic carbocycles. The zero-order valence-corrected chi connectivity index (χ0v) is 21.6. The molecule has 0 saturated heterocycles. The molecule has 0 aliphatic rings. The number of halogens is 2. The second-order valence-corrected chi connectivity index (χ2v) is 9.58. The van der Waals surface area contributed by atoms with Crippen LogP contribution in [0.1, 0.15) is 40.2 Å². The number of nitrogens with zero attached hydrogens (tertiary/aromatic N) is 2. The number of carbonyl (C=O) groups excluding carboxylic acids is 1. The molecular formula is C27H27BrClN3O2. The lowest BCUT2D eigenvalue weighted by atomic mass is 10.1. The Balaban J connectivity index is 1.38. The van der Waals surface area contributed by atoms with E-state index in [2.05, 4.69) is 31.9 Å². The maximum atomic E-state index is 12.6. The summed E-state index contributed by atoms with van der Waals surface area (Å²) in [7, 11) is 0. The minimum atomic E-state index is -0.123. The Morgan fingerprint density at radius 3 is 2.59 bits per heavy atom. The molecule has 0 atom stereocenters. The molecule has 1 heterocycles. The average molecular weight is 541 g/mol. The number of carbonyl (C=O) groups is 1. The first-order valence-electron chi connectivity index (χ1n) is 11.3. The minimum absolute atomic E-state index is 0.123. The molecule has 0 unspecified atom stereocenters. The fourth-order valence-corrected chi connectivity index (χ4v) is 4.46. The maximum absolute atomic E-state index is 12.6. The van der Waals surface area contributed by atoms with Crippen molar-refractivity contribution in [1.29, 1.82) is 0 Å². The fraction of sp³-hybridized carbons (Fsp3) is 0.259. The first kappa shape index (κ1) is 24.3. The van der Waals surface area contributed by atoms with E-state index < -0.39 is 0 Å². The zero-order chi connectivity index (χ0) is 24.1. The van der Waals surface area contributed by atoms with Crippen molar-refractivity contribution in [3.8, 4) is 5.75 Å². The van der Waals surface area contributed by atoms with Gasteiger partial charge in [-0.1, -0.05) is 45.7 Å². The van der Waals surface area contributed by atoms with Gasteiger partial charge in [-0.3, -0.25) is 4.79 Å². The van der Waals surface area contributed by atoms with Crippen molar-refractivity contribution in [2.75, 3.05) is 6.61 Å². The van der Waals surface area contributed by atoms with Crippen molar-refractivity contribution in [2.45, 2.75) is 39.8 Å². The quantitative estimate of drug-likeness (QED) is 0.236. The van der Waals surface area contributed by atoms with Crippen molar-refractivity contribution in [3.05, 3.63) is 92.7 Å². The summed E-state index contributed by atoms with van der Waals surface area (Å²) in [6.45, 7) is 5.76. The lowest BCUT2D eigenvalue weighted by molar-refractivity contribution is 0.0949. The van der Waals surface area contributed by atoms with Crippen molar-refractivity contribution in [1.82, 2.24) is 14.9 Å². The van der Waals surface area contributed by atoms with Gasteiger partial charge < -0.3 is 14.6 Å². The van der Waals surface area contributed by atoms with Crippen LogP contribution in [0.4, 0.5) is 0 Å². The molecule has 1 N–H and O–H groups in total. The van der Waals surface area contributed by atoms with Crippen molar-refractivity contribution in [3.63, 3.8) is 0 Å². The van der Waals surface area contributed by atoms with Crippen LogP contribution >= 0.6 is 27.5 Å². The van der Waals surface area contributed by atoms with Gasteiger partial charge in [0.2, 0.25) is 0 Å². The molecule has 0 aliphatic carbocycles. The number of ether oxygens (including phenoxy) is 1. The molecule has 0 aliphatic heterocycles. The van der Waals surface area contributed by atoms with Gasteiger partial charge in [0.1, 0.15) is 11.6 Å². The molecule has 0 radical (unpaired) electrons. The molecule has 4 aromatic rings. The number of para-hydroxylation sites is 2. The normalized spacial score (nSPS) is 11.1. The number of rotatable bonds is 9. The summed E-state index contributed by atoms with van der Waals surface area (Å²) >= 11 is 9.66. The predicted octanol–water partition coefficient (Wildman–Crippen LogP) is 6.86. The van der Waals surface area contributed by atoms with Gasteiger partial charge in [-0.15, -0.1) is 0 Å². The van der Waals surface area contributed by atoms with Crippen LogP contribution in [0.5, 0.6) is 5.75 Å². The zero-order valence-electron chi connectivity index (χ0n) is 19.3. The number of benzene rings is 3. The average Bonchev–Trinajstić information content (AvgIpc) is 3.18. The number of unbranched alkanes of at least 4 members (excludes halogenated alkanes) is 1. The van der Waals surface area contributed by atoms with Gasteiger partial charge in [0.05, 0.1) is 24.2 Å². The minimum Gasteiger partial charge on any atom is -0.494 e. The van der Waals surface area contributed by atoms with Gasteiger partial charge in [-0.2, -0.15) is 0 Å². The topological polar surface area (TPSA) is 56.1 Å². The molecule has 176 valence electrons. The predicted molar refractivity (Wildman–Crippen MR) is 141 cm³/mol. The fourth-order valence-electron chi connectivity index (χ4n) is 3.95. The number of aromatic nitrogens is 2. The van der Waals surface area contributed by atoms with Crippen LogP contribution in [0.15, 0.2) is 65.1 Å². The maximum Gasteiger partial charge on any atom is 0.251 e. The Kier molecular flexibility index (Phi) is 7.91. The standard InChI is InChI=1S/C27H27BrClN3O2/c1-18-14-22(15-19(2)26(18)29)34-13-6-5-12-32-24-11-4-3-10-23(24)31-25(32)17-30-27(33)20-8-7-9-21(28)16-20/h3-4,7-11,14-16H,5-6,12-13,17H2,1-2H3,(H,30,33). The largest absolute Gasteiger partial charge is 0.494 e. The van der Waals surface area contributed by atoms with Gasteiger partial charge in [-0.25, -0.2) is 4.98 Å². The van der Waals surface area contributed by atoms with Gasteiger partial charge >= 0.3 is 0 Å². The third kappa shape index (κ3) is 5.80. The number of hydrogen-bond acceptors (Lipinski definition) is 3. The van der Waals surface area contributed by atoms with E-state index in [4.69, 9.17) is 21.3 Å². The first-order chi connectivity index (χ1) is 16.4. The van der Waals surface area contributed by atoms with Crippen LogP contribution in [0.2, 0.25) is 5.02 Å². The highest BCUT2D eigenvalue weighted by molar-refractivity contribution is 9.10. The summed E-state index contributed by atoms with van der Waals surface area (Å²) in [6.07, 6.45) is 1.83. The number of hydrogen-bond donors (Lipinski definition) is 1. The van der Waals surface area contributed by atoms with E-state index in [0.29, 0.717) is 18.7 Å². The van der Waals surface area contributed by atoms with Crippen LogP contribution in [-0.4, -0.2) is 22.1 Å². The summed E-state index contributed by atoms with van der Waals surface area (Å²) in [5, 5.41) is 3.79. The SMILES string of the molecule is Cc1cc(OCCCCn2c(CNC(=O)c3cccc(Br)c3)nc3ccccc32)cc(C)c1Cl. The summed E-state index contributed by atoms with van der Waals surface area (Å²) in [5.41, 5.74) is 4.66. The summed E-state index contributed by atoms with van der Waals surface area (Å²) < 4.78 is 9.01. The van der Waals surface area contributed by atoms with Crippen LogP contribution in [0.3, 0.4) is 0 Å². The van der Waals surface area contributed by atoms with E-state index in [1.807, 2.05) is 62.4 Å². The van der Waals surface area contributed by atoms with E-state index in [0.717, 1.165) is 62.6 Å². The van der Waals surface area contributed by atoms with E-state index >= 15 is 0 Å². The molecule has 1 aromatic heterocycles. The molecular weight excluding hydrogens is 514 g/mol. The van der Waals surface area contributed by atoms with Crippen LogP contribution in [0, 0.1) is 13.8 Å². The Morgan fingerprint density at radius 1 is 1.06 bits per heavy atom. The third-order valence-corrected chi connectivity index (χ3v) is 6.77. The number of amides is 1. The monoisotopic (exact) mass is 539 g/mol. The molecule has 0 spiro atoms. The molecule has 4 rings (SSSR count). The Morgan fingerprint density at radius 2 is 1.82 bits per heavy atom. The second-order valence-electron chi connectivity index (χ2n) is 8.29. The highest BCUT2D eigenvalue weighted by atomic mass is 79.9. The van der Waals surface area contributed by atoms with Crippen molar-refractivity contribution in [2.24, 2.45) is 0 Å². The summed E-state index contributed by atoms with van der Waals surface area (Å²) in [4.78, 5) is 17.4. The number of imidazole rings is 1. The molecule has 1 amide bonds. The Bertz CT molecular complexity index is 1300. The van der Waals surface area contributed by atoms with Gasteiger partial charge in [-0.05, 0) is 80.3 Å². The number of nitrogens with one attached hydrogen (secondary N) is 1. The van der Waals surface area contributed by atoms with Crippen molar-refractivity contribution < 1.29 is 9.53 Å². The Hall–Kier alpha value is -2.83. The second kappa shape index (κ2) is 11.1. The molecule has 0 fully saturated rings. The van der Waals surface area contributed by atoms with E-state index in [1.54, 1.807) is 6.07 Å². The molecule has 5 nitrogen and oxygen atoms in total. The third-order valence-electron chi connectivity index (χ3n) is 5.68. The smallest absolute Gasteiger partial charge is 0.251 e. The molecule has 34 heavy (non-hydrogen) atoms. The molecule has 7 heteroatoms. The van der Waals surface area contributed by atoms with Crippen molar-refractivity contribution >= 4 is 44.5 Å². The number of fused-ring (bicyclic) bond motifs is 1. The van der Waals surface area contributed by atoms with E-state index in [1.165, 1.54) is 0 Å². The highest BCUT2D eigenvalue weighted by Crippen LogP contribution is 2.26. The Labute approximate surface area is 213 Å². The lowest BCUT2D eigenvalue weighted by Gasteiger charge is -2.12. The van der Waals surface area contributed by atoms with Gasteiger partial charge in [0, 0.05) is 21.6 Å². The van der Waals surface area contributed by atoms with E-state index in [-0.39, 0.29) is 5.91 Å². The molecule has 0 bridgehead atoms. The van der Waals surface area contributed by atoms with Gasteiger partial charge in [0.25, 0.3) is 5.91 Å². The van der Waals surface area contributed by atoms with Crippen LogP contribution in [-0.2, 0) is 13.1 Å². The summed E-state index contributed by atoms with van der Waals surface area (Å²) in [6, 6.07) is 19.4. The first-order valence-corrected chi connectivity index (χ1v) is 12.5. The summed E-state index contributed by atoms with van der Waals surface area (Å²) in [5.74, 6) is 1.57. The highest BCUT2D eigenvalue weighted by Gasteiger charge is 2.13. The van der Waals surface area contributed by atoms with Gasteiger partial charge in [0.15, 0.2) is 0 Å². The van der Waals surface area contributed by atoms with Crippen LogP contribution in [0.25, 0.3) is 11.0 Å². The number of aryl methyl sites for hydroxylation is 3. The van der Waals surface area contributed by atoms with E-state index in [9.17, 15) is 4.79 Å².